The Hall–Kier alpha value is -3.22. The van der Waals surface area contributed by atoms with E-state index >= 15 is 0 Å². The minimum Gasteiger partial charge on any atom is -0.480 e. The summed E-state index contributed by atoms with van der Waals surface area (Å²) in [6, 6.07) is 19.2. The molecule has 2 aromatic rings. The van der Waals surface area contributed by atoms with Crippen LogP contribution in [0.4, 0.5) is 0 Å². The Morgan fingerprint density at radius 2 is 1.02 bits per heavy atom. The van der Waals surface area contributed by atoms with Crippen molar-refractivity contribution in [2.24, 2.45) is 17.3 Å². The van der Waals surface area contributed by atoms with E-state index in [0.29, 0.717) is 44.3 Å². The molecule has 2 aliphatic rings. The SMILES string of the molecule is C=CCN1C(C)(C)CC(C(c2ccccc2)(C2CC(C)(C)N(CC=C)C(C)(C)C2)C(Cc2ccccc2)(C(=O)O)C(=O)O)CC1(C)C. The van der Waals surface area contributed by atoms with E-state index in [-0.39, 0.29) is 40.4 Å². The number of carboxylic acid groups (broad SMARTS) is 2. The zero-order valence-corrected chi connectivity index (χ0v) is 30.1. The van der Waals surface area contributed by atoms with Crippen molar-refractivity contribution < 1.29 is 19.8 Å². The average molecular weight is 643 g/mol. The van der Waals surface area contributed by atoms with Crippen molar-refractivity contribution >= 4 is 11.9 Å². The molecule has 2 N–H and O–H groups in total. The second kappa shape index (κ2) is 13.0. The van der Waals surface area contributed by atoms with Gasteiger partial charge in [0.05, 0.1) is 0 Å². The van der Waals surface area contributed by atoms with Gasteiger partial charge in [-0.05, 0) is 104 Å². The molecule has 0 spiro atoms. The number of hydrogen-bond acceptors (Lipinski definition) is 4. The van der Waals surface area contributed by atoms with Crippen molar-refractivity contribution in [3.63, 3.8) is 0 Å². The first-order valence-corrected chi connectivity index (χ1v) is 17.2. The third-order valence-corrected chi connectivity index (χ3v) is 11.8. The highest BCUT2D eigenvalue weighted by atomic mass is 16.4. The molecule has 2 fully saturated rings. The van der Waals surface area contributed by atoms with Crippen LogP contribution in [0.3, 0.4) is 0 Å². The van der Waals surface area contributed by atoms with E-state index in [9.17, 15) is 19.8 Å². The highest BCUT2D eigenvalue weighted by Crippen LogP contribution is 2.64. The zero-order chi connectivity index (χ0) is 35.1. The first-order chi connectivity index (χ1) is 21.8. The Morgan fingerprint density at radius 1 is 0.681 bits per heavy atom. The van der Waals surface area contributed by atoms with E-state index in [2.05, 4.69) is 78.3 Å². The first-order valence-electron chi connectivity index (χ1n) is 17.2. The van der Waals surface area contributed by atoms with E-state index in [1.54, 1.807) is 0 Å². The minimum atomic E-state index is -2.16. The summed E-state index contributed by atoms with van der Waals surface area (Å²) in [7, 11) is 0. The van der Waals surface area contributed by atoms with Gasteiger partial charge in [0.1, 0.15) is 0 Å². The Labute approximate surface area is 283 Å². The van der Waals surface area contributed by atoms with E-state index < -0.39 is 22.8 Å². The summed E-state index contributed by atoms with van der Waals surface area (Å²) in [6.45, 7) is 27.3. The molecule has 0 radical (unpaired) electrons. The summed E-state index contributed by atoms with van der Waals surface area (Å²) in [6.07, 6.45) is 6.32. The lowest BCUT2D eigenvalue weighted by Gasteiger charge is -2.66. The second-order valence-corrected chi connectivity index (χ2v) is 16.7. The van der Waals surface area contributed by atoms with E-state index in [0.717, 1.165) is 5.56 Å². The molecule has 2 heterocycles. The summed E-state index contributed by atoms with van der Waals surface area (Å²) >= 11 is 0. The summed E-state index contributed by atoms with van der Waals surface area (Å²) < 4.78 is 0. The number of hydrogen-bond donors (Lipinski definition) is 2. The summed E-state index contributed by atoms with van der Waals surface area (Å²) in [5.74, 6) is -3.08. The van der Waals surface area contributed by atoms with Crippen molar-refractivity contribution in [3.05, 3.63) is 97.1 Å². The molecule has 0 amide bonds. The molecule has 4 rings (SSSR count). The van der Waals surface area contributed by atoms with Crippen LogP contribution >= 0.6 is 0 Å². The topological polar surface area (TPSA) is 81.1 Å². The molecule has 6 nitrogen and oxygen atoms in total. The predicted octanol–water partition coefficient (Wildman–Crippen LogP) is 8.23. The van der Waals surface area contributed by atoms with Crippen LogP contribution in [0.5, 0.6) is 0 Å². The highest BCUT2D eigenvalue weighted by Gasteiger charge is 2.71. The van der Waals surface area contributed by atoms with Crippen molar-refractivity contribution in [2.75, 3.05) is 13.1 Å². The smallest absolute Gasteiger partial charge is 0.322 e. The fourth-order valence-electron chi connectivity index (χ4n) is 10.6. The van der Waals surface area contributed by atoms with Gasteiger partial charge in [-0.15, -0.1) is 13.2 Å². The maximum atomic E-state index is 14.3. The zero-order valence-electron chi connectivity index (χ0n) is 30.1. The van der Waals surface area contributed by atoms with Crippen LogP contribution in [0.2, 0.25) is 0 Å². The monoisotopic (exact) mass is 642 g/mol. The predicted molar refractivity (Wildman–Crippen MR) is 192 cm³/mol. The van der Waals surface area contributed by atoms with Crippen LogP contribution in [0.25, 0.3) is 0 Å². The Morgan fingerprint density at radius 3 is 1.34 bits per heavy atom. The molecule has 0 aliphatic carbocycles. The van der Waals surface area contributed by atoms with Crippen LogP contribution in [0.15, 0.2) is 86.0 Å². The largest absolute Gasteiger partial charge is 0.480 e. The highest BCUT2D eigenvalue weighted by molar-refractivity contribution is 6.01. The van der Waals surface area contributed by atoms with Crippen molar-refractivity contribution in [1.82, 2.24) is 9.80 Å². The standard InChI is InChI=1S/C41H58N2O4/c1-11-23-42-36(3,4)26-32(27-37(42,5)6)41(31-21-17-14-18-22-31,33-28-38(7,8)43(24-12-2)39(9,10)29-33)40(34(44)45,35(46)47)25-30-19-15-13-16-20-30/h11-22,32-33H,1-2,23-29H2,3-10H3,(H,44,45)(H,46,47). The number of carbonyl (C=O) groups is 2. The molecule has 0 aromatic heterocycles. The summed E-state index contributed by atoms with van der Waals surface area (Å²) in [4.78, 5) is 33.6. The molecule has 47 heavy (non-hydrogen) atoms. The average Bonchev–Trinajstić information content (AvgIpc) is 2.96. The van der Waals surface area contributed by atoms with Crippen molar-refractivity contribution in [2.45, 2.75) is 115 Å². The third-order valence-electron chi connectivity index (χ3n) is 11.8. The van der Waals surface area contributed by atoms with Gasteiger partial charge >= 0.3 is 11.9 Å². The molecule has 0 atom stereocenters. The minimum absolute atomic E-state index is 0.116. The number of likely N-dealkylation sites (tertiary alicyclic amines) is 2. The van der Waals surface area contributed by atoms with Crippen LogP contribution < -0.4 is 0 Å². The summed E-state index contributed by atoms with van der Waals surface area (Å²) in [5.41, 5.74) is -3.34. The number of rotatable bonds is 12. The fraction of sp³-hybridized carbons (Fsp3) is 0.561. The first kappa shape index (κ1) is 36.6. The third kappa shape index (κ3) is 6.24. The molecule has 0 unspecified atom stereocenters. The number of carboxylic acids is 2. The Balaban J connectivity index is 2.18. The molecule has 2 aromatic carbocycles. The van der Waals surface area contributed by atoms with E-state index in [4.69, 9.17) is 0 Å². The maximum absolute atomic E-state index is 14.3. The second-order valence-electron chi connectivity index (χ2n) is 16.7. The molecule has 2 aliphatic heterocycles. The number of nitrogens with zero attached hydrogens (tertiary/aromatic N) is 2. The molecule has 256 valence electrons. The van der Waals surface area contributed by atoms with E-state index in [1.165, 1.54) is 0 Å². The number of aliphatic carboxylic acids is 2. The van der Waals surface area contributed by atoms with Crippen LogP contribution in [0, 0.1) is 17.3 Å². The van der Waals surface area contributed by atoms with Gasteiger partial charge in [-0.2, -0.15) is 0 Å². The van der Waals surface area contributed by atoms with Gasteiger partial charge < -0.3 is 10.2 Å². The van der Waals surface area contributed by atoms with Crippen molar-refractivity contribution in [3.8, 4) is 0 Å². The molecular formula is C41H58N2O4. The van der Waals surface area contributed by atoms with Gasteiger partial charge in [-0.1, -0.05) is 72.8 Å². The lowest BCUT2D eigenvalue weighted by molar-refractivity contribution is -0.190. The van der Waals surface area contributed by atoms with Gasteiger partial charge in [0.15, 0.2) is 5.41 Å². The molecule has 0 bridgehead atoms. The van der Waals surface area contributed by atoms with Crippen LogP contribution in [-0.4, -0.2) is 67.2 Å². The molecule has 0 saturated carbocycles. The van der Waals surface area contributed by atoms with Gasteiger partial charge in [0, 0.05) is 47.1 Å². The van der Waals surface area contributed by atoms with Gasteiger partial charge in [0.25, 0.3) is 0 Å². The van der Waals surface area contributed by atoms with Gasteiger partial charge in [-0.3, -0.25) is 19.4 Å². The van der Waals surface area contributed by atoms with Crippen LogP contribution in [-0.2, 0) is 21.4 Å². The van der Waals surface area contributed by atoms with Gasteiger partial charge in [0.2, 0.25) is 0 Å². The van der Waals surface area contributed by atoms with E-state index in [1.807, 2.05) is 72.8 Å². The quantitative estimate of drug-likeness (QED) is 0.179. The summed E-state index contributed by atoms with van der Waals surface area (Å²) in [5, 5.41) is 23.4. The molecular weight excluding hydrogens is 584 g/mol. The molecule has 2 saturated heterocycles. The normalized spacial score (nSPS) is 22.0. The number of benzene rings is 2. The molecule has 6 heteroatoms. The Bertz CT molecular complexity index is 1340. The van der Waals surface area contributed by atoms with Gasteiger partial charge in [-0.25, -0.2) is 0 Å². The maximum Gasteiger partial charge on any atom is 0.322 e. The van der Waals surface area contributed by atoms with Crippen molar-refractivity contribution in [1.29, 1.82) is 0 Å². The Kier molecular flexibility index (Phi) is 10.1. The lowest BCUT2D eigenvalue weighted by Crippen LogP contribution is -2.72. The number of piperidine rings is 2. The van der Waals surface area contributed by atoms with Crippen LogP contribution in [0.1, 0.15) is 92.2 Å². The fourth-order valence-corrected chi connectivity index (χ4v) is 10.6. The lowest BCUT2D eigenvalue weighted by atomic mass is 9.42.